The van der Waals surface area contributed by atoms with Crippen molar-refractivity contribution in [1.29, 1.82) is 0 Å². The summed E-state index contributed by atoms with van der Waals surface area (Å²) in [6.07, 6.45) is 0.701. The van der Waals surface area contributed by atoms with Gasteiger partial charge in [-0.1, -0.05) is 50.1 Å². The third-order valence-corrected chi connectivity index (χ3v) is 10.3. The first-order valence-electron chi connectivity index (χ1n) is 11.8. The molecule has 0 unspecified atom stereocenters. The molecule has 2 bridgehead atoms. The molecule has 2 aromatic carbocycles. The van der Waals surface area contributed by atoms with Crippen molar-refractivity contribution in [2.45, 2.75) is 22.5 Å². The third-order valence-electron chi connectivity index (χ3n) is 7.10. The van der Waals surface area contributed by atoms with Crippen molar-refractivity contribution in [1.82, 2.24) is 4.90 Å². The van der Waals surface area contributed by atoms with Crippen LogP contribution in [0.15, 0.2) is 54.6 Å². The Morgan fingerprint density at radius 2 is 1.47 bits per heavy atom. The van der Waals surface area contributed by atoms with E-state index in [1.165, 1.54) is 4.90 Å². The van der Waals surface area contributed by atoms with Gasteiger partial charge < -0.3 is 14.8 Å². The van der Waals surface area contributed by atoms with Gasteiger partial charge in [0.25, 0.3) is 5.91 Å². The lowest BCUT2D eigenvalue weighted by atomic mass is 9.81. The molecule has 2 aromatic rings. The Hall–Kier alpha value is -2.72. The number of carbonyl (C=O) groups is 4. The minimum Gasteiger partial charge on any atom is -0.457 e. The first-order chi connectivity index (χ1) is 17.3. The first-order valence-corrected chi connectivity index (χ1v) is 13.6. The molecular formula is C26H24Br2N2O6. The fraction of sp³-hybridized carbons (Fsp3) is 0.385. The fourth-order valence-electron chi connectivity index (χ4n) is 5.48. The van der Waals surface area contributed by atoms with E-state index in [-0.39, 0.29) is 58.1 Å². The number of carbonyl (C=O) groups excluding carboxylic acids is 4. The zero-order chi connectivity index (χ0) is 25.4. The van der Waals surface area contributed by atoms with Crippen LogP contribution < -0.4 is 10.1 Å². The van der Waals surface area contributed by atoms with Gasteiger partial charge in [-0.3, -0.25) is 24.1 Å². The van der Waals surface area contributed by atoms with E-state index in [9.17, 15) is 19.2 Å². The normalized spacial score (nSPS) is 28.2. The van der Waals surface area contributed by atoms with Crippen molar-refractivity contribution in [3.8, 4) is 11.5 Å². The van der Waals surface area contributed by atoms with Gasteiger partial charge in [-0.25, -0.2) is 0 Å². The summed E-state index contributed by atoms with van der Waals surface area (Å²) in [5.41, 5.74) is 0.529. The Kier molecular flexibility index (Phi) is 7.16. The number of imide groups is 1. The topological polar surface area (TPSA) is 102 Å². The van der Waals surface area contributed by atoms with Crippen LogP contribution in [0.3, 0.4) is 0 Å². The van der Waals surface area contributed by atoms with Gasteiger partial charge in [0.2, 0.25) is 11.8 Å². The molecule has 188 valence electrons. The number of amides is 3. The Balaban J connectivity index is 1.06. The van der Waals surface area contributed by atoms with Crippen molar-refractivity contribution in [3.63, 3.8) is 0 Å². The summed E-state index contributed by atoms with van der Waals surface area (Å²) in [5.74, 6) is -0.598. The zero-order valence-electron chi connectivity index (χ0n) is 19.1. The van der Waals surface area contributed by atoms with E-state index in [2.05, 4.69) is 37.2 Å². The van der Waals surface area contributed by atoms with Crippen molar-refractivity contribution in [3.05, 3.63) is 54.6 Å². The van der Waals surface area contributed by atoms with E-state index in [1.54, 1.807) is 24.3 Å². The van der Waals surface area contributed by atoms with Crippen LogP contribution in [-0.4, -0.2) is 51.4 Å². The number of rotatable bonds is 8. The summed E-state index contributed by atoms with van der Waals surface area (Å²) in [4.78, 5) is 51.7. The van der Waals surface area contributed by atoms with Gasteiger partial charge in [0.15, 0.2) is 6.61 Å². The van der Waals surface area contributed by atoms with E-state index in [1.807, 2.05) is 30.3 Å². The second kappa shape index (κ2) is 10.3. The van der Waals surface area contributed by atoms with Crippen LogP contribution >= 0.6 is 31.9 Å². The highest BCUT2D eigenvalue weighted by Gasteiger charge is 2.66. The molecule has 8 nitrogen and oxygen atoms in total. The maximum Gasteiger partial charge on any atom is 0.308 e. The maximum atomic E-state index is 12.9. The summed E-state index contributed by atoms with van der Waals surface area (Å²) in [6.45, 7) is -0.498. The third kappa shape index (κ3) is 4.80. The van der Waals surface area contributed by atoms with Crippen LogP contribution in [0.5, 0.6) is 11.5 Å². The molecular weight excluding hydrogens is 596 g/mol. The number of hydrogen-bond acceptors (Lipinski definition) is 6. The van der Waals surface area contributed by atoms with Gasteiger partial charge in [-0.05, 0) is 54.7 Å². The van der Waals surface area contributed by atoms with Crippen molar-refractivity contribution >= 4 is 61.2 Å². The molecule has 36 heavy (non-hydrogen) atoms. The largest absolute Gasteiger partial charge is 0.457 e. The Morgan fingerprint density at radius 1 is 0.889 bits per heavy atom. The number of benzene rings is 2. The molecule has 6 atom stereocenters. The molecule has 10 heteroatoms. The molecule has 3 aliphatic rings. The second-order valence-corrected chi connectivity index (χ2v) is 11.3. The average Bonchev–Trinajstić information content (AvgIpc) is 3.48. The number of nitrogens with zero attached hydrogens (tertiary/aromatic N) is 1. The van der Waals surface area contributed by atoms with Crippen LogP contribution in [0, 0.1) is 23.7 Å². The lowest BCUT2D eigenvalue weighted by Gasteiger charge is -2.28. The molecule has 1 heterocycles. The van der Waals surface area contributed by atoms with Gasteiger partial charge in [-0.2, -0.15) is 0 Å². The van der Waals surface area contributed by atoms with Gasteiger partial charge in [-0.15, -0.1) is 0 Å². The predicted octanol–water partition coefficient (Wildman–Crippen LogP) is 4.13. The highest BCUT2D eigenvalue weighted by atomic mass is 79.9. The van der Waals surface area contributed by atoms with Crippen LogP contribution in [0.4, 0.5) is 5.69 Å². The number of anilines is 1. The molecule has 1 N–H and O–H groups in total. The van der Waals surface area contributed by atoms with Crippen LogP contribution in [-0.2, 0) is 23.9 Å². The number of likely N-dealkylation sites (tertiary alicyclic amines) is 1. The fourth-order valence-corrected chi connectivity index (χ4v) is 7.35. The number of esters is 1. The summed E-state index contributed by atoms with van der Waals surface area (Å²) in [5, 5.41) is 2.65. The number of para-hydroxylation sites is 1. The Bertz CT molecular complexity index is 1140. The molecule has 0 spiro atoms. The Morgan fingerprint density at radius 3 is 2.08 bits per heavy atom. The molecule has 0 radical (unpaired) electrons. The summed E-state index contributed by atoms with van der Waals surface area (Å²) >= 11 is 7.31. The molecule has 1 saturated heterocycles. The highest BCUT2D eigenvalue weighted by molar-refractivity contribution is 9.12. The van der Waals surface area contributed by atoms with Crippen molar-refractivity contribution < 1.29 is 28.7 Å². The molecule has 3 fully saturated rings. The van der Waals surface area contributed by atoms with Crippen LogP contribution in [0.1, 0.15) is 12.8 Å². The molecule has 2 saturated carbocycles. The van der Waals surface area contributed by atoms with E-state index in [0.29, 0.717) is 17.2 Å². The minimum absolute atomic E-state index is 0.0344. The number of ether oxygens (including phenoxy) is 2. The van der Waals surface area contributed by atoms with Crippen molar-refractivity contribution in [2.75, 3.05) is 18.5 Å². The SMILES string of the molecule is O=C(COC(=O)CCN1C(=O)[C@@H]2[C@H]3C[C@@H]([C@H](Br)[C@H]3Br)[C@@H]2C1=O)Nc1ccc(Oc2ccccc2)cc1. The lowest BCUT2D eigenvalue weighted by molar-refractivity contribution is -0.149. The quantitative estimate of drug-likeness (QED) is 0.271. The first kappa shape index (κ1) is 25.0. The molecule has 1 aliphatic heterocycles. The van der Waals surface area contributed by atoms with Gasteiger partial charge in [0.05, 0.1) is 18.3 Å². The van der Waals surface area contributed by atoms with Gasteiger partial charge in [0.1, 0.15) is 11.5 Å². The predicted molar refractivity (Wildman–Crippen MR) is 138 cm³/mol. The Labute approximate surface area is 224 Å². The maximum absolute atomic E-state index is 12.9. The smallest absolute Gasteiger partial charge is 0.308 e. The summed E-state index contributed by atoms with van der Waals surface area (Å²) in [6, 6.07) is 16.1. The summed E-state index contributed by atoms with van der Waals surface area (Å²) in [7, 11) is 0. The number of fused-ring (bicyclic) bond motifs is 5. The minimum atomic E-state index is -0.644. The monoisotopic (exact) mass is 618 g/mol. The van der Waals surface area contributed by atoms with E-state index in [4.69, 9.17) is 9.47 Å². The van der Waals surface area contributed by atoms with Gasteiger partial charge >= 0.3 is 5.97 Å². The number of alkyl halides is 2. The number of nitrogens with one attached hydrogen (secondary N) is 1. The summed E-state index contributed by atoms with van der Waals surface area (Å²) < 4.78 is 10.8. The van der Waals surface area contributed by atoms with E-state index >= 15 is 0 Å². The number of halogens is 2. The van der Waals surface area contributed by atoms with Crippen LogP contribution in [0.25, 0.3) is 0 Å². The van der Waals surface area contributed by atoms with Gasteiger partial charge in [0, 0.05) is 21.9 Å². The lowest BCUT2D eigenvalue weighted by Crippen LogP contribution is -2.37. The van der Waals surface area contributed by atoms with E-state index < -0.39 is 18.5 Å². The number of hydrogen-bond donors (Lipinski definition) is 1. The highest BCUT2D eigenvalue weighted by Crippen LogP contribution is 2.60. The molecule has 0 aromatic heterocycles. The average molecular weight is 620 g/mol. The van der Waals surface area contributed by atoms with Crippen molar-refractivity contribution in [2.24, 2.45) is 23.7 Å². The molecule has 3 amide bonds. The molecule has 2 aliphatic carbocycles. The van der Waals surface area contributed by atoms with E-state index in [0.717, 1.165) is 6.42 Å². The molecule has 5 rings (SSSR count). The zero-order valence-corrected chi connectivity index (χ0v) is 22.3. The second-order valence-electron chi connectivity index (χ2n) is 9.23. The van der Waals surface area contributed by atoms with Crippen LogP contribution in [0.2, 0.25) is 0 Å². The standard InChI is InChI=1S/C26H24Br2N2O6/c27-23-17-12-18(24(23)28)22-21(17)25(33)30(26(22)34)11-10-20(32)35-13-19(31)29-14-6-8-16(9-7-14)36-15-4-2-1-3-5-15/h1-9,17-18,21-24H,10-13H2,(H,29,31)/t17-,18-,21-,22+,23+,24+/m1/s1.